The molecular weight excluding hydrogens is 343 g/mol. The predicted octanol–water partition coefficient (Wildman–Crippen LogP) is 4.94. The highest BCUT2D eigenvalue weighted by Crippen LogP contribution is 2.33. The van der Waals surface area contributed by atoms with Gasteiger partial charge in [0.1, 0.15) is 5.75 Å². The van der Waals surface area contributed by atoms with Gasteiger partial charge in [-0.25, -0.2) is 0 Å². The van der Waals surface area contributed by atoms with Crippen LogP contribution in [-0.2, 0) is 17.4 Å². The number of benzene rings is 2. The second-order valence-corrected chi connectivity index (χ2v) is 5.40. The Hall–Kier alpha value is -2.21. The lowest BCUT2D eigenvalue weighted by molar-refractivity contribution is -0.137. The molecule has 1 N–H and O–H groups in total. The SMILES string of the molecule is CCOc1ccc(CC(=O)Nc2cc(C(F)(F)F)ccc2Cl)cc1. The molecular formula is C17H15ClF3NO2. The zero-order valence-electron chi connectivity index (χ0n) is 12.8. The van der Waals surface area contributed by atoms with E-state index in [4.69, 9.17) is 16.3 Å². The Morgan fingerprint density at radius 1 is 1.17 bits per heavy atom. The molecule has 0 atom stereocenters. The molecule has 2 aromatic carbocycles. The van der Waals surface area contributed by atoms with E-state index in [1.54, 1.807) is 24.3 Å². The maximum Gasteiger partial charge on any atom is 0.416 e. The molecule has 0 aliphatic carbocycles. The average Bonchev–Trinajstić information content (AvgIpc) is 2.50. The summed E-state index contributed by atoms with van der Waals surface area (Å²) >= 11 is 5.85. The Balaban J connectivity index is 2.06. The number of nitrogens with one attached hydrogen (secondary N) is 1. The van der Waals surface area contributed by atoms with Gasteiger partial charge in [0, 0.05) is 0 Å². The van der Waals surface area contributed by atoms with Crippen molar-refractivity contribution >= 4 is 23.2 Å². The summed E-state index contributed by atoms with van der Waals surface area (Å²) < 4.78 is 43.4. The molecule has 0 aliphatic rings. The van der Waals surface area contributed by atoms with Crippen LogP contribution in [-0.4, -0.2) is 12.5 Å². The molecule has 2 aromatic rings. The van der Waals surface area contributed by atoms with E-state index >= 15 is 0 Å². The fraction of sp³-hybridized carbons (Fsp3) is 0.235. The molecule has 7 heteroatoms. The maximum atomic E-state index is 12.7. The zero-order valence-corrected chi connectivity index (χ0v) is 13.5. The molecule has 3 nitrogen and oxygen atoms in total. The number of anilines is 1. The Bertz CT molecular complexity index is 715. The first-order chi connectivity index (χ1) is 11.3. The summed E-state index contributed by atoms with van der Waals surface area (Å²) in [5.41, 5.74) is -0.232. The maximum absolute atomic E-state index is 12.7. The third-order valence-corrected chi connectivity index (χ3v) is 3.50. The van der Waals surface area contributed by atoms with E-state index in [-0.39, 0.29) is 17.1 Å². The standard InChI is InChI=1S/C17H15ClF3NO2/c1-2-24-13-6-3-11(4-7-13)9-16(23)22-15-10-12(17(19,20)21)5-8-14(15)18/h3-8,10H,2,9H2,1H3,(H,22,23). The summed E-state index contributed by atoms with van der Waals surface area (Å²) in [7, 11) is 0. The van der Waals surface area contributed by atoms with Gasteiger partial charge in [0.25, 0.3) is 0 Å². The van der Waals surface area contributed by atoms with E-state index in [1.807, 2.05) is 6.92 Å². The first kappa shape index (κ1) is 18.1. The van der Waals surface area contributed by atoms with E-state index in [0.717, 1.165) is 18.2 Å². The minimum absolute atomic E-state index is 0.0129. The average molecular weight is 358 g/mol. The van der Waals surface area contributed by atoms with Crippen molar-refractivity contribution in [3.63, 3.8) is 0 Å². The molecule has 0 aliphatic heterocycles. The van der Waals surface area contributed by atoms with Crippen LogP contribution >= 0.6 is 11.6 Å². The van der Waals surface area contributed by atoms with Crippen molar-refractivity contribution in [2.75, 3.05) is 11.9 Å². The number of ether oxygens (including phenoxy) is 1. The summed E-state index contributed by atoms with van der Waals surface area (Å²) in [6.07, 6.45) is -4.49. The first-order valence-electron chi connectivity index (χ1n) is 7.18. The monoisotopic (exact) mass is 357 g/mol. The van der Waals surface area contributed by atoms with Crippen molar-refractivity contribution in [1.29, 1.82) is 0 Å². The molecule has 0 saturated heterocycles. The van der Waals surface area contributed by atoms with Crippen LogP contribution in [0.15, 0.2) is 42.5 Å². The lowest BCUT2D eigenvalue weighted by atomic mass is 10.1. The third kappa shape index (κ3) is 4.89. The lowest BCUT2D eigenvalue weighted by Crippen LogP contribution is -2.15. The van der Waals surface area contributed by atoms with Gasteiger partial charge < -0.3 is 10.1 Å². The highest BCUT2D eigenvalue weighted by atomic mass is 35.5. The van der Waals surface area contributed by atoms with Crippen LogP contribution in [0.1, 0.15) is 18.1 Å². The minimum atomic E-state index is -4.50. The highest BCUT2D eigenvalue weighted by Gasteiger charge is 2.31. The van der Waals surface area contributed by atoms with Crippen LogP contribution in [0.5, 0.6) is 5.75 Å². The van der Waals surface area contributed by atoms with Crippen molar-refractivity contribution in [2.24, 2.45) is 0 Å². The zero-order chi connectivity index (χ0) is 17.7. The molecule has 0 fully saturated rings. The number of hydrogen-bond acceptors (Lipinski definition) is 2. The van der Waals surface area contributed by atoms with Crippen molar-refractivity contribution in [3.05, 3.63) is 58.6 Å². The molecule has 0 heterocycles. The summed E-state index contributed by atoms with van der Waals surface area (Å²) in [6, 6.07) is 9.68. The third-order valence-electron chi connectivity index (χ3n) is 3.17. The number of rotatable bonds is 5. The summed E-state index contributed by atoms with van der Waals surface area (Å²) in [4.78, 5) is 12.0. The number of carbonyl (C=O) groups is 1. The summed E-state index contributed by atoms with van der Waals surface area (Å²) in [5, 5.41) is 2.45. The Labute approximate surface area is 142 Å². The number of hydrogen-bond donors (Lipinski definition) is 1. The summed E-state index contributed by atoms with van der Waals surface area (Å²) in [5.74, 6) is 0.225. The van der Waals surface area contributed by atoms with E-state index in [0.29, 0.717) is 17.9 Å². The fourth-order valence-corrected chi connectivity index (χ4v) is 2.21. The normalized spacial score (nSPS) is 11.2. The number of halogens is 4. The first-order valence-corrected chi connectivity index (χ1v) is 7.55. The topological polar surface area (TPSA) is 38.3 Å². The van der Waals surface area contributed by atoms with E-state index < -0.39 is 17.6 Å². The molecule has 0 bridgehead atoms. The molecule has 0 aromatic heterocycles. The van der Waals surface area contributed by atoms with Crippen molar-refractivity contribution in [1.82, 2.24) is 0 Å². The van der Waals surface area contributed by atoms with Crippen molar-refractivity contribution in [2.45, 2.75) is 19.5 Å². The van der Waals surface area contributed by atoms with Gasteiger partial charge in [0.15, 0.2) is 0 Å². The smallest absolute Gasteiger partial charge is 0.416 e. The van der Waals surface area contributed by atoms with Crippen LogP contribution < -0.4 is 10.1 Å². The molecule has 128 valence electrons. The van der Waals surface area contributed by atoms with Gasteiger partial charge in [-0.2, -0.15) is 13.2 Å². The van der Waals surface area contributed by atoms with Crippen LogP contribution in [0.25, 0.3) is 0 Å². The second-order valence-electron chi connectivity index (χ2n) is 4.99. The minimum Gasteiger partial charge on any atom is -0.494 e. The van der Waals surface area contributed by atoms with Crippen LogP contribution in [0.4, 0.5) is 18.9 Å². The van der Waals surface area contributed by atoms with Gasteiger partial charge in [-0.05, 0) is 42.8 Å². The largest absolute Gasteiger partial charge is 0.494 e. The Morgan fingerprint density at radius 2 is 1.83 bits per heavy atom. The van der Waals surface area contributed by atoms with Crippen molar-refractivity contribution in [3.8, 4) is 5.75 Å². The number of carbonyl (C=O) groups excluding carboxylic acids is 1. The van der Waals surface area contributed by atoms with Crippen molar-refractivity contribution < 1.29 is 22.7 Å². The highest BCUT2D eigenvalue weighted by molar-refractivity contribution is 6.33. The van der Waals surface area contributed by atoms with Gasteiger partial charge in [-0.1, -0.05) is 23.7 Å². The van der Waals surface area contributed by atoms with Crippen LogP contribution in [0, 0.1) is 0 Å². The predicted molar refractivity (Wildman–Crippen MR) is 86.4 cm³/mol. The van der Waals surface area contributed by atoms with E-state index in [9.17, 15) is 18.0 Å². The Kier molecular flexibility index (Phi) is 5.72. The second kappa shape index (κ2) is 7.57. The molecule has 24 heavy (non-hydrogen) atoms. The van der Waals surface area contributed by atoms with Crippen LogP contribution in [0.3, 0.4) is 0 Å². The van der Waals surface area contributed by atoms with Gasteiger partial charge >= 0.3 is 6.18 Å². The quantitative estimate of drug-likeness (QED) is 0.823. The molecule has 0 unspecified atom stereocenters. The molecule has 0 radical (unpaired) electrons. The fourth-order valence-electron chi connectivity index (χ4n) is 2.05. The molecule has 2 rings (SSSR count). The number of alkyl halides is 3. The van der Waals surface area contributed by atoms with Crippen LogP contribution in [0.2, 0.25) is 5.02 Å². The van der Waals surface area contributed by atoms with Gasteiger partial charge in [0.2, 0.25) is 5.91 Å². The summed E-state index contributed by atoms with van der Waals surface area (Å²) in [6.45, 7) is 2.40. The van der Waals surface area contributed by atoms with Gasteiger partial charge in [0.05, 0.1) is 29.3 Å². The van der Waals surface area contributed by atoms with Gasteiger partial charge in [-0.3, -0.25) is 4.79 Å². The molecule has 0 saturated carbocycles. The van der Waals surface area contributed by atoms with Gasteiger partial charge in [-0.15, -0.1) is 0 Å². The molecule has 0 spiro atoms. The van der Waals surface area contributed by atoms with E-state index in [1.165, 1.54) is 0 Å². The van der Waals surface area contributed by atoms with E-state index in [2.05, 4.69) is 5.32 Å². The molecule has 1 amide bonds. The number of amides is 1. The lowest BCUT2D eigenvalue weighted by Gasteiger charge is -2.12. The Morgan fingerprint density at radius 3 is 2.42 bits per heavy atom.